The van der Waals surface area contributed by atoms with Crippen molar-refractivity contribution in [1.82, 2.24) is 0 Å². The van der Waals surface area contributed by atoms with Gasteiger partial charge in [-0.2, -0.15) is 0 Å². The highest BCUT2D eigenvalue weighted by molar-refractivity contribution is 5.69. The first-order valence-corrected chi connectivity index (χ1v) is 3.41. The fourth-order valence-corrected chi connectivity index (χ4v) is 0.886. The van der Waals surface area contributed by atoms with Gasteiger partial charge in [0.25, 0.3) is 5.69 Å². The van der Waals surface area contributed by atoms with Gasteiger partial charge in [-0.1, -0.05) is 0 Å². The predicted octanol–water partition coefficient (Wildman–Crippen LogP) is 2.26. The molecule has 0 aliphatic rings. The molecule has 0 N–H and O–H groups in total. The number of aliphatic imine (C=N–C) groups is 2. The van der Waals surface area contributed by atoms with Gasteiger partial charge in [0, 0.05) is 12.1 Å². The average Bonchev–Trinajstić information content (AvgIpc) is 2.16. The van der Waals surface area contributed by atoms with Crippen molar-refractivity contribution >= 4 is 30.5 Å². The van der Waals surface area contributed by atoms with Gasteiger partial charge in [0.1, 0.15) is 0 Å². The van der Waals surface area contributed by atoms with Gasteiger partial charge in [0.05, 0.1) is 16.3 Å². The Bertz CT molecular complexity index is 374. The third-order valence-electron chi connectivity index (χ3n) is 1.51. The first kappa shape index (κ1) is 9.05. The zero-order valence-electron chi connectivity index (χ0n) is 6.80. The molecule has 5 nitrogen and oxygen atoms in total. The molecule has 0 unspecified atom stereocenters. The predicted molar refractivity (Wildman–Crippen MR) is 51.5 cm³/mol. The molecule has 0 fully saturated rings. The van der Waals surface area contributed by atoms with Crippen LogP contribution in [0.5, 0.6) is 0 Å². The van der Waals surface area contributed by atoms with E-state index in [9.17, 15) is 10.1 Å². The summed E-state index contributed by atoms with van der Waals surface area (Å²) in [5.41, 5.74) is 0.819. The molecule has 0 spiro atoms. The van der Waals surface area contributed by atoms with Gasteiger partial charge in [-0.15, -0.1) is 0 Å². The summed E-state index contributed by atoms with van der Waals surface area (Å²) in [5.74, 6) is 0. The molecule has 0 atom stereocenters. The highest BCUT2D eigenvalue weighted by atomic mass is 16.6. The molecular formula is C8H7N3O2. The summed E-state index contributed by atoms with van der Waals surface area (Å²) in [6, 6.07) is 4.13. The SMILES string of the molecule is C=Nc1ccc([N+](=O)[O-])cc1N=C. The molecule has 0 saturated heterocycles. The Balaban J connectivity index is 3.28. The summed E-state index contributed by atoms with van der Waals surface area (Å²) < 4.78 is 0. The second-order valence-corrected chi connectivity index (χ2v) is 2.25. The Morgan fingerprint density at radius 3 is 2.31 bits per heavy atom. The van der Waals surface area contributed by atoms with E-state index in [0.29, 0.717) is 11.4 Å². The second kappa shape index (κ2) is 3.57. The number of rotatable bonds is 3. The zero-order chi connectivity index (χ0) is 9.84. The van der Waals surface area contributed by atoms with E-state index in [4.69, 9.17) is 0 Å². The van der Waals surface area contributed by atoms with E-state index in [1.807, 2.05) is 0 Å². The van der Waals surface area contributed by atoms with E-state index in [2.05, 4.69) is 23.4 Å². The lowest BCUT2D eigenvalue weighted by atomic mass is 10.2. The van der Waals surface area contributed by atoms with Gasteiger partial charge in [0.2, 0.25) is 0 Å². The number of nitro benzene ring substituents is 1. The molecule has 1 rings (SSSR count). The van der Waals surface area contributed by atoms with Gasteiger partial charge in [-0.3, -0.25) is 20.1 Å². The van der Waals surface area contributed by atoms with Crippen LogP contribution in [0.2, 0.25) is 0 Å². The van der Waals surface area contributed by atoms with E-state index in [-0.39, 0.29) is 5.69 Å². The molecule has 0 aromatic heterocycles. The smallest absolute Gasteiger partial charge is 0.262 e. The standard InChI is InChI=1S/C8H7N3O2/c1-9-7-4-3-6(11(12)13)5-8(7)10-2/h3-5H,1-2H2. The lowest BCUT2D eigenvalue weighted by molar-refractivity contribution is -0.384. The molecule has 1 aromatic carbocycles. The number of non-ortho nitro benzene ring substituents is 1. The molecule has 0 heterocycles. The number of nitro groups is 1. The first-order chi connectivity index (χ1) is 6.19. The van der Waals surface area contributed by atoms with Crippen LogP contribution in [0, 0.1) is 10.1 Å². The summed E-state index contributed by atoms with van der Waals surface area (Å²) in [6.45, 7) is 6.59. The third kappa shape index (κ3) is 1.76. The van der Waals surface area contributed by atoms with Crippen molar-refractivity contribution in [3.8, 4) is 0 Å². The Labute approximate surface area is 74.6 Å². The molecule has 0 saturated carbocycles. The van der Waals surface area contributed by atoms with Gasteiger partial charge in [-0.25, -0.2) is 0 Å². The van der Waals surface area contributed by atoms with E-state index in [0.717, 1.165) is 0 Å². The van der Waals surface area contributed by atoms with Crippen LogP contribution in [0.1, 0.15) is 0 Å². The minimum atomic E-state index is -0.498. The fourth-order valence-electron chi connectivity index (χ4n) is 0.886. The summed E-state index contributed by atoms with van der Waals surface area (Å²) in [6.07, 6.45) is 0. The van der Waals surface area contributed by atoms with Gasteiger partial charge in [-0.05, 0) is 19.5 Å². The first-order valence-electron chi connectivity index (χ1n) is 3.41. The van der Waals surface area contributed by atoms with Crippen molar-refractivity contribution in [1.29, 1.82) is 0 Å². The monoisotopic (exact) mass is 177 g/mol. The molecule has 0 amide bonds. The van der Waals surface area contributed by atoms with Crippen LogP contribution in [0.25, 0.3) is 0 Å². The van der Waals surface area contributed by atoms with E-state index < -0.39 is 4.92 Å². The lowest BCUT2D eigenvalue weighted by Crippen LogP contribution is -1.86. The van der Waals surface area contributed by atoms with Crippen molar-refractivity contribution in [3.63, 3.8) is 0 Å². The van der Waals surface area contributed by atoms with E-state index in [1.165, 1.54) is 18.2 Å². The second-order valence-electron chi connectivity index (χ2n) is 2.25. The molecule has 0 radical (unpaired) electrons. The average molecular weight is 177 g/mol. The number of nitrogens with zero attached hydrogens (tertiary/aromatic N) is 3. The molecular weight excluding hydrogens is 170 g/mol. The number of benzene rings is 1. The Hall–Kier alpha value is -2.04. The van der Waals surface area contributed by atoms with Gasteiger partial charge < -0.3 is 0 Å². The van der Waals surface area contributed by atoms with Gasteiger partial charge in [0.15, 0.2) is 0 Å². The Morgan fingerprint density at radius 2 is 1.85 bits per heavy atom. The normalized spacial score (nSPS) is 9.23. The molecule has 0 bridgehead atoms. The quantitative estimate of drug-likeness (QED) is 0.403. The summed E-state index contributed by atoms with van der Waals surface area (Å²) in [4.78, 5) is 17.1. The van der Waals surface area contributed by atoms with Crippen LogP contribution in [0.15, 0.2) is 28.2 Å². The highest BCUT2D eigenvalue weighted by Gasteiger charge is 2.08. The van der Waals surface area contributed by atoms with Crippen LogP contribution < -0.4 is 0 Å². The summed E-state index contributed by atoms with van der Waals surface area (Å²) in [7, 11) is 0. The van der Waals surface area contributed by atoms with Crippen LogP contribution in [0.3, 0.4) is 0 Å². The van der Waals surface area contributed by atoms with Gasteiger partial charge >= 0.3 is 0 Å². The largest absolute Gasteiger partial charge is 0.271 e. The van der Waals surface area contributed by atoms with Crippen LogP contribution >= 0.6 is 0 Å². The minimum absolute atomic E-state index is 0.0326. The van der Waals surface area contributed by atoms with Crippen LogP contribution in [-0.4, -0.2) is 18.4 Å². The van der Waals surface area contributed by atoms with E-state index >= 15 is 0 Å². The molecule has 66 valence electrons. The molecule has 0 aliphatic heterocycles. The van der Waals surface area contributed by atoms with Crippen molar-refractivity contribution in [2.24, 2.45) is 9.98 Å². The summed E-state index contributed by atoms with van der Waals surface area (Å²) in [5, 5.41) is 10.4. The fraction of sp³-hybridized carbons (Fsp3) is 0. The topological polar surface area (TPSA) is 67.9 Å². The highest BCUT2D eigenvalue weighted by Crippen LogP contribution is 2.30. The van der Waals surface area contributed by atoms with E-state index in [1.54, 1.807) is 0 Å². The zero-order valence-corrected chi connectivity index (χ0v) is 6.80. The lowest BCUT2D eigenvalue weighted by Gasteiger charge is -1.97. The maximum atomic E-state index is 10.4. The van der Waals surface area contributed by atoms with Crippen molar-refractivity contribution in [2.45, 2.75) is 0 Å². The summed E-state index contributed by atoms with van der Waals surface area (Å²) >= 11 is 0. The maximum Gasteiger partial charge on any atom is 0.271 e. The Morgan fingerprint density at radius 1 is 1.23 bits per heavy atom. The Kier molecular flexibility index (Phi) is 2.49. The van der Waals surface area contributed by atoms with Crippen molar-refractivity contribution < 1.29 is 4.92 Å². The third-order valence-corrected chi connectivity index (χ3v) is 1.51. The van der Waals surface area contributed by atoms with Crippen LogP contribution in [0.4, 0.5) is 17.1 Å². The van der Waals surface area contributed by atoms with Crippen molar-refractivity contribution in [2.75, 3.05) is 0 Å². The number of hydrogen-bond donors (Lipinski definition) is 0. The molecule has 5 heteroatoms. The maximum absolute atomic E-state index is 10.4. The van der Waals surface area contributed by atoms with Crippen molar-refractivity contribution in [3.05, 3.63) is 28.3 Å². The molecule has 13 heavy (non-hydrogen) atoms. The molecule has 1 aromatic rings. The van der Waals surface area contributed by atoms with Crippen LogP contribution in [-0.2, 0) is 0 Å². The minimum Gasteiger partial charge on any atom is -0.262 e. The number of hydrogen-bond acceptors (Lipinski definition) is 4. The molecule has 0 aliphatic carbocycles.